The summed E-state index contributed by atoms with van der Waals surface area (Å²) in [5, 5.41) is 4.28. The van der Waals surface area contributed by atoms with Crippen LogP contribution in [-0.2, 0) is 11.3 Å². The summed E-state index contributed by atoms with van der Waals surface area (Å²) < 4.78 is 0. The van der Waals surface area contributed by atoms with E-state index in [-0.39, 0.29) is 30.1 Å². The highest BCUT2D eigenvalue weighted by molar-refractivity contribution is 6.31. The third-order valence-electron chi connectivity index (χ3n) is 7.99. The van der Waals surface area contributed by atoms with Crippen molar-refractivity contribution in [3.8, 4) is 0 Å². The van der Waals surface area contributed by atoms with Crippen LogP contribution < -0.4 is 5.32 Å². The van der Waals surface area contributed by atoms with Gasteiger partial charge < -0.3 is 10.2 Å². The number of nitrogens with zero attached hydrogens (tertiary/aromatic N) is 3. The Kier molecular flexibility index (Phi) is 5.91. The highest BCUT2D eigenvalue weighted by atomic mass is 35.5. The number of ketones is 1. The monoisotopic (exact) mass is 558 g/mol. The van der Waals surface area contributed by atoms with Crippen LogP contribution in [0.5, 0.6) is 0 Å². The molecule has 0 radical (unpaired) electrons. The number of fused-ring (bicyclic) bond motifs is 2. The summed E-state index contributed by atoms with van der Waals surface area (Å²) in [6.07, 6.45) is 3.82. The van der Waals surface area contributed by atoms with Crippen molar-refractivity contribution in [1.29, 1.82) is 0 Å². The molecule has 2 aromatic heterocycles. The Morgan fingerprint density at radius 3 is 2.54 bits per heavy atom. The minimum Gasteiger partial charge on any atom is -0.323 e. The fourth-order valence-corrected chi connectivity index (χ4v) is 5.99. The number of para-hydroxylation sites is 1. The maximum absolute atomic E-state index is 14.0. The third-order valence-corrected chi connectivity index (χ3v) is 8.23. The van der Waals surface area contributed by atoms with Gasteiger partial charge in [-0.3, -0.25) is 24.4 Å². The Balaban J connectivity index is 1.23. The zero-order valence-corrected chi connectivity index (χ0v) is 22.5. The van der Waals surface area contributed by atoms with E-state index in [2.05, 4.69) is 15.3 Å². The van der Waals surface area contributed by atoms with Crippen LogP contribution in [0.3, 0.4) is 0 Å². The van der Waals surface area contributed by atoms with Crippen LogP contribution in [0.2, 0.25) is 5.02 Å². The quantitative estimate of drug-likeness (QED) is 0.266. The molecule has 5 aromatic rings. The molecule has 7 nitrogen and oxygen atoms in total. The van der Waals surface area contributed by atoms with Gasteiger partial charge in [-0.1, -0.05) is 60.1 Å². The lowest BCUT2D eigenvalue weighted by molar-refractivity contribution is -0.122. The van der Waals surface area contributed by atoms with Gasteiger partial charge >= 0.3 is 0 Å². The topological polar surface area (TPSA) is 92.3 Å². The Labute approximate surface area is 240 Å². The minimum atomic E-state index is -1.10. The standard InChI is InChI=1S/C33H23ClN4O3/c34-23-13-14-24-28(17-23)37-32(41)33(18-26(33)27-8-1-2-15-35-27)38(31(24)40)19-20-9-11-22(12-10-20)30(39)25-7-3-5-21-6-4-16-36-29(21)25/h1-17,26H,18-19H2,(H,37,41). The second kappa shape index (κ2) is 9.64. The lowest BCUT2D eigenvalue weighted by Crippen LogP contribution is -2.48. The van der Waals surface area contributed by atoms with Crippen molar-refractivity contribution >= 4 is 45.8 Å². The van der Waals surface area contributed by atoms with Crippen LogP contribution >= 0.6 is 11.6 Å². The normalized spacial score (nSPS) is 19.5. The largest absolute Gasteiger partial charge is 0.323 e. The average Bonchev–Trinajstić information content (AvgIpc) is 3.77. The van der Waals surface area contributed by atoms with Gasteiger partial charge in [0.05, 0.1) is 16.8 Å². The van der Waals surface area contributed by atoms with E-state index >= 15 is 0 Å². The van der Waals surface area contributed by atoms with Crippen LogP contribution in [-0.4, -0.2) is 38.0 Å². The number of hydrogen-bond acceptors (Lipinski definition) is 5. The van der Waals surface area contributed by atoms with Crippen molar-refractivity contribution in [1.82, 2.24) is 14.9 Å². The molecular formula is C33H23ClN4O3. The summed E-state index contributed by atoms with van der Waals surface area (Å²) in [6.45, 7) is 0.182. The molecule has 200 valence electrons. The van der Waals surface area contributed by atoms with Crippen LogP contribution in [0.25, 0.3) is 10.9 Å². The van der Waals surface area contributed by atoms with Crippen LogP contribution in [0.1, 0.15) is 49.9 Å². The molecule has 0 saturated heterocycles. The molecule has 1 aliphatic carbocycles. The first-order chi connectivity index (χ1) is 20.0. The van der Waals surface area contributed by atoms with E-state index in [1.165, 1.54) is 0 Å². The molecule has 1 N–H and O–H groups in total. The number of hydrogen-bond donors (Lipinski definition) is 1. The second-order valence-corrected chi connectivity index (χ2v) is 10.8. The first-order valence-electron chi connectivity index (χ1n) is 13.3. The van der Waals surface area contributed by atoms with Crippen molar-refractivity contribution in [3.05, 3.63) is 136 Å². The van der Waals surface area contributed by atoms with Crippen LogP contribution in [0, 0.1) is 0 Å². The van der Waals surface area contributed by atoms with Gasteiger partial charge in [0.2, 0.25) is 0 Å². The summed E-state index contributed by atoms with van der Waals surface area (Å²) in [5.74, 6) is -0.920. The SMILES string of the molecule is O=C(c1ccc(CN2C(=O)c3ccc(Cl)cc3NC(=O)C23CC3c2ccccn2)cc1)c1cccc2cccnc12. The molecule has 3 heterocycles. The number of anilines is 1. The number of rotatable bonds is 5. The lowest BCUT2D eigenvalue weighted by atomic mass is 9.99. The number of carbonyl (C=O) groups excluding carboxylic acids is 3. The van der Waals surface area contributed by atoms with Crippen molar-refractivity contribution in [2.24, 2.45) is 0 Å². The molecule has 1 fully saturated rings. The maximum atomic E-state index is 14.0. The number of benzene rings is 3. The molecule has 1 saturated carbocycles. The number of carbonyl (C=O) groups is 3. The van der Waals surface area contributed by atoms with Gasteiger partial charge in [0.25, 0.3) is 11.8 Å². The Morgan fingerprint density at radius 1 is 0.927 bits per heavy atom. The van der Waals surface area contributed by atoms with Crippen LogP contribution in [0.4, 0.5) is 5.69 Å². The van der Waals surface area contributed by atoms with E-state index in [0.717, 1.165) is 16.6 Å². The first kappa shape index (κ1) is 25.1. The Hall–Kier alpha value is -4.88. The van der Waals surface area contributed by atoms with Gasteiger partial charge in [0.1, 0.15) is 5.54 Å². The molecule has 8 heteroatoms. The van der Waals surface area contributed by atoms with E-state index in [1.54, 1.807) is 53.7 Å². The van der Waals surface area contributed by atoms with Gasteiger partial charge in [-0.25, -0.2) is 0 Å². The molecule has 2 amide bonds. The molecule has 2 unspecified atom stereocenters. The molecule has 7 rings (SSSR count). The molecule has 1 aliphatic heterocycles. The van der Waals surface area contributed by atoms with Crippen molar-refractivity contribution in [2.75, 3.05) is 5.32 Å². The number of nitrogens with one attached hydrogen (secondary N) is 1. The van der Waals surface area contributed by atoms with E-state index in [4.69, 9.17) is 11.6 Å². The predicted molar refractivity (Wildman–Crippen MR) is 156 cm³/mol. The van der Waals surface area contributed by atoms with E-state index < -0.39 is 5.54 Å². The smallest absolute Gasteiger partial charge is 0.257 e. The van der Waals surface area contributed by atoms with Gasteiger partial charge in [0.15, 0.2) is 5.78 Å². The molecule has 0 bridgehead atoms. The number of amides is 2. The molecule has 3 aromatic carbocycles. The van der Waals surface area contributed by atoms with Gasteiger partial charge in [-0.2, -0.15) is 0 Å². The minimum absolute atomic E-state index is 0.134. The Bertz CT molecular complexity index is 1850. The molecule has 2 aliphatic rings. The fourth-order valence-electron chi connectivity index (χ4n) is 5.82. The molecule has 2 atom stereocenters. The first-order valence-corrected chi connectivity index (χ1v) is 13.6. The summed E-state index contributed by atoms with van der Waals surface area (Å²) in [5.41, 5.74) is 2.92. The lowest BCUT2D eigenvalue weighted by Gasteiger charge is -2.30. The summed E-state index contributed by atoms with van der Waals surface area (Å²) in [6, 6.07) is 27.0. The van der Waals surface area contributed by atoms with Crippen molar-refractivity contribution in [3.63, 3.8) is 0 Å². The van der Waals surface area contributed by atoms with Crippen molar-refractivity contribution < 1.29 is 14.4 Å². The summed E-state index contributed by atoms with van der Waals surface area (Å²) in [7, 11) is 0. The van der Waals surface area contributed by atoms with E-state index in [1.807, 2.05) is 54.6 Å². The number of aromatic nitrogens is 2. The van der Waals surface area contributed by atoms with Crippen LogP contribution in [0.15, 0.2) is 103 Å². The maximum Gasteiger partial charge on any atom is 0.257 e. The van der Waals surface area contributed by atoms with E-state index in [0.29, 0.717) is 39.3 Å². The number of pyridine rings is 2. The third kappa shape index (κ3) is 4.17. The zero-order chi connectivity index (χ0) is 28.1. The zero-order valence-electron chi connectivity index (χ0n) is 21.8. The van der Waals surface area contributed by atoms with Gasteiger partial charge in [0, 0.05) is 52.1 Å². The summed E-state index contributed by atoms with van der Waals surface area (Å²) >= 11 is 6.20. The highest BCUT2D eigenvalue weighted by Crippen LogP contribution is 2.57. The van der Waals surface area contributed by atoms with Gasteiger partial charge in [-0.05, 0) is 54.4 Å². The van der Waals surface area contributed by atoms with Crippen molar-refractivity contribution in [2.45, 2.75) is 24.4 Å². The fraction of sp³-hybridized carbons (Fsp3) is 0.121. The highest BCUT2D eigenvalue weighted by Gasteiger charge is 2.67. The second-order valence-electron chi connectivity index (χ2n) is 10.4. The number of halogens is 1. The predicted octanol–water partition coefficient (Wildman–Crippen LogP) is 6.04. The summed E-state index contributed by atoms with van der Waals surface area (Å²) in [4.78, 5) is 51.8. The van der Waals surface area contributed by atoms with E-state index in [9.17, 15) is 14.4 Å². The molecular weight excluding hydrogens is 536 g/mol. The Morgan fingerprint density at radius 2 is 1.73 bits per heavy atom. The molecule has 1 spiro atoms. The van der Waals surface area contributed by atoms with Gasteiger partial charge in [-0.15, -0.1) is 0 Å². The molecule has 41 heavy (non-hydrogen) atoms. The average molecular weight is 559 g/mol.